The third kappa shape index (κ3) is 2.76. The zero-order chi connectivity index (χ0) is 14.7. The van der Waals surface area contributed by atoms with Crippen molar-refractivity contribution in [3.8, 4) is 5.75 Å². The summed E-state index contributed by atoms with van der Waals surface area (Å²) in [5, 5.41) is 14.8. The van der Waals surface area contributed by atoms with E-state index in [1.54, 1.807) is 10.7 Å². The summed E-state index contributed by atoms with van der Waals surface area (Å²) in [5.41, 5.74) is 2.55. The predicted molar refractivity (Wildman–Crippen MR) is 81.5 cm³/mol. The molecule has 0 spiro atoms. The molecule has 0 saturated heterocycles. The lowest BCUT2D eigenvalue weighted by Gasteiger charge is -2.11. The number of rotatable bonds is 5. The van der Waals surface area contributed by atoms with Crippen molar-refractivity contribution in [2.75, 3.05) is 6.61 Å². The smallest absolute Gasteiger partial charge is 0.119 e. The van der Waals surface area contributed by atoms with Gasteiger partial charge in [0.1, 0.15) is 11.9 Å². The van der Waals surface area contributed by atoms with Crippen LogP contribution in [-0.2, 0) is 0 Å². The number of aliphatic hydroxyl groups is 1. The molecule has 0 radical (unpaired) electrons. The van der Waals surface area contributed by atoms with E-state index in [2.05, 4.69) is 12.0 Å². The number of pyridine rings is 1. The summed E-state index contributed by atoms with van der Waals surface area (Å²) in [6, 6.07) is 13.4. The van der Waals surface area contributed by atoms with E-state index in [0.717, 1.165) is 28.8 Å². The Bertz CT molecular complexity index is 719. The second-order valence-corrected chi connectivity index (χ2v) is 4.95. The average Bonchev–Trinajstić information content (AvgIpc) is 2.97. The van der Waals surface area contributed by atoms with E-state index < -0.39 is 6.10 Å². The van der Waals surface area contributed by atoms with Crippen LogP contribution in [0.1, 0.15) is 30.6 Å². The average molecular weight is 282 g/mol. The summed E-state index contributed by atoms with van der Waals surface area (Å²) in [6.45, 7) is 2.78. The van der Waals surface area contributed by atoms with Gasteiger partial charge in [0.05, 0.1) is 18.3 Å². The molecule has 1 atom stereocenters. The van der Waals surface area contributed by atoms with Gasteiger partial charge in [0.25, 0.3) is 0 Å². The SMILES string of the molecule is CCCOc1ccc(C(O)c2cnn3ccccc23)cc1. The number of hydrogen-bond acceptors (Lipinski definition) is 3. The largest absolute Gasteiger partial charge is 0.494 e. The number of fused-ring (bicyclic) bond motifs is 1. The van der Waals surface area contributed by atoms with Crippen LogP contribution in [0.5, 0.6) is 5.75 Å². The lowest BCUT2D eigenvalue weighted by atomic mass is 10.0. The van der Waals surface area contributed by atoms with Crippen molar-refractivity contribution in [1.82, 2.24) is 9.61 Å². The molecular formula is C17H18N2O2. The first-order valence-electron chi connectivity index (χ1n) is 7.12. The highest BCUT2D eigenvalue weighted by Gasteiger charge is 2.15. The summed E-state index contributed by atoms with van der Waals surface area (Å²) in [7, 11) is 0. The molecule has 3 rings (SSSR count). The van der Waals surface area contributed by atoms with Gasteiger partial charge in [-0.2, -0.15) is 5.10 Å². The van der Waals surface area contributed by atoms with Gasteiger partial charge in [-0.05, 0) is 36.2 Å². The lowest BCUT2D eigenvalue weighted by molar-refractivity contribution is 0.221. The van der Waals surface area contributed by atoms with Crippen LogP contribution in [0, 0.1) is 0 Å². The molecule has 0 bridgehead atoms. The molecular weight excluding hydrogens is 264 g/mol. The standard InChI is InChI=1S/C17H18N2O2/c1-2-11-21-14-8-6-13(7-9-14)17(20)15-12-18-19-10-4-3-5-16(15)19/h3-10,12,17,20H,2,11H2,1H3. The summed E-state index contributed by atoms with van der Waals surface area (Å²) >= 11 is 0. The van der Waals surface area contributed by atoms with Crippen molar-refractivity contribution in [1.29, 1.82) is 0 Å². The summed E-state index contributed by atoms with van der Waals surface area (Å²) in [4.78, 5) is 0. The molecule has 21 heavy (non-hydrogen) atoms. The van der Waals surface area contributed by atoms with E-state index >= 15 is 0 Å². The minimum atomic E-state index is -0.690. The normalized spacial score (nSPS) is 12.5. The topological polar surface area (TPSA) is 46.8 Å². The Kier molecular flexibility index (Phi) is 3.88. The number of aliphatic hydroxyl groups excluding tert-OH is 1. The maximum Gasteiger partial charge on any atom is 0.119 e. The molecule has 3 aromatic rings. The van der Waals surface area contributed by atoms with Crippen LogP contribution in [0.25, 0.3) is 5.52 Å². The Balaban J connectivity index is 1.86. The molecule has 0 aliphatic rings. The van der Waals surface area contributed by atoms with E-state index in [4.69, 9.17) is 4.74 Å². The van der Waals surface area contributed by atoms with Gasteiger partial charge in [-0.25, -0.2) is 4.52 Å². The van der Waals surface area contributed by atoms with E-state index in [9.17, 15) is 5.11 Å². The zero-order valence-electron chi connectivity index (χ0n) is 11.9. The highest BCUT2D eigenvalue weighted by Crippen LogP contribution is 2.26. The van der Waals surface area contributed by atoms with Gasteiger partial charge in [-0.1, -0.05) is 25.1 Å². The molecule has 0 aliphatic heterocycles. The van der Waals surface area contributed by atoms with Crippen LogP contribution in [-0.4, -0.2) is 21.3 Å². The number of benzene rings is 1. The van der Waals surface area contributed by atoms with Crippen LogP contribution in [0.3, 0.4) is 0 Å². The molecule has 4 heteroatoms. The highest BCUT2D eigenvalue weighted by atomic mass is 16.5. The van der Waals surface area contributed by atoms with Crippen LogP contribution >= 0.6 is 0 Å². The minimum absolute atomic E-state index is 0.690. The van der Waals surface area contributed by atoms with E-state index in [1.165, 1.54) is 0 Å². The molecule has 1 N–H and O–H groups in total. The van der Waals surface area contributed by atoms with Crippen LogP contribution in [0.15, 0.2) is 54.9 Å². The van der Waals surface area contributed by atoms with Gasteiger partial charge in [0.15, 0.2) is 0 Å². The molecule has 0 fully saturated rings. The number of nitrogens with zero attached hydrogens (tertiary/aromatic N) is 2. The van der Waals surface area contributed by atoms with E-state index in [1.807, 2.05) is 48.7 Å². The Morgan fingerprint density at radius 2 is 2.00 bits per heavy atom. The first-order valence-corrected chi connectivity index (χ1v) is 7.12. The Morgan fingerprint density at radius 3 is 2.76 bits per heavy atom. The molecule has 1 aromatic carbocycles. The van der Waals surface area contributed by atoms with Crippen molar-refractivity contribution in [2.24, 2.45) is 0 Å². The van der Waals surface area contributed by atoms with E-state index in [0.29, 0.717) is 6.61 Å². The Morgan fingerprint density at radius 1 is 1.19 bits per heavy atom. The first-order chi connectivity index (χ1) is 10.3. The third-order valence-corrected chi connectivity index (χ3v) is 3.42. The molecule has 0 amide bonds. The van der Waals surface area contributed by atoms with Crippen molar-refractivity contribution in [3.05, 3.63) is 66.0 Å². The second-order valence-electron chi connectivity index (χ2n) is 4.95. The second kappa shape index (κ2) is 5.97. The zero-order valence-corrected chi connectivity index (χ0v) is 11.9. The number of aromatic nitrogens is 2. The molecule has 0 aliphatic carbocycles. The summed E-state index contributed by atoms with van der Waals surface area (Å²) in [5.74, 6) is 0.827. The molecule has 2 heterocycles. The molecule has 1 unspecified atom stereocenters. The fourth-order valence-corrected chi connectivity index (χ4v) is 2.31. The quantitative estimate of drug-likeness (QED) is 0.781. The van der Waals surface area contributed by atoms with Gasteiger partial charge in [0.2, 0.25) is 0 Å². The van der Waals surface area contributed by atoms with Crippen LogP contribution < -0.4 is 4.74 Å². The molecule has 2 aromatic heterocycles. The number of ether oxygens (including phenoxy) is 1. The Hall–Kier alpha value is -2.33. The fraction of sp³-hybridized carbons (Fsp3) is 0.235. The van der Waals surface area contributed by atoms with Crippen LogP contribution in [0.2, 0.25) is 0 Å². The first kappa shape index (κ1) is 13.6. The molecule has 0 saturated carbocycles. The van der Waals surface area contributed by atoms with Gasteiger partial charge < -0.3 is 9.84 Å². The van der Waals surface area contributed by atoms with Gasteiger partial charge >= 0.3 is 0 Å². The van der Waals surface area contributed by atoms with Crippen molar-refractivity contribution in [3.63, 3.8) is 0 Å². The van der Waals surface area contributed by atoms with Crippen LogP contribution in [0.4, 0.5) is 0 Å². The van der Waals surface area contributed by atoms with Crippen molar-refractivity contribution in [2.45, 2.75) is 19.4 Å². The maximum atomic E-state index is 10.6. The van der Waals surface area contributed by atoms with Crippen molar-refractivity contribution < 1.29 is 9.84 Å². The van der Waals surface area contributed by atoms with Gasteiger partial charge in [-0.3, -0.25) is 0 Å². The monoisotopic (exact) mass is 282 g/mol. The molecule has 4 nitrogen and oxygen atoms in total. The van der Waals surface area contributed by atoms with Gasteiger partial charge in [0, 0.05) is 11.8 Å². The highest BCUT2D eigenvalue weighted by molar-refractivity contribution is 5.56. The van der Waals surface area contributed by atoms with Crippen molar-refractivity contribution >= 4 is 5.52 Å². The predicted octanol–water partition coefficient (Wildman–Crippen LogP) is 3.20. The maximum absolute atomic E-state index is 10.6. The summed E-state index contributed by atoms with van der Waals surface area (Å²) < 4.78 is 7.31. The summed E-state index contributed by atoms with van der Waals surface area (Å²) in [6.07, 6.45) is 3.87. The van der Waals surface area contributed by atoms with Gasteiger partial charge in [-0.15, -0.1) is 0 Å². The Labute approximate surface area is 123 Å². The lowest BCUT2D eigenvalue weighted by Crippen LogP contribution is -2.00. The number of hydrogen-bond donors (Lipinski definition) is 1. The fourth-order valence-electron chi connectivity index (χ4n) is 2.31. The molecule has 108 valence electrons. The third-order valence-electron chi connectivity index (χ3n) is 3.42. The minimum Gasteiger partial charge on any atom is -0.494 e. The van der Waals surface area contributed by atoms with E-state index in [-0.39, 0.29) is 0 Å².